The zero-order chi connectivity index (χ0) is 17.4. The van der Waals surface area contributed by atoms with Crippen LogP contribution < -0.4 is 15.2 Å². The van der Waals surface area contributed by atoms with E-state index in [0.29, 0.717) is 42.3 Å². The number of carbonyl (C=O) groups is 2. The van der Waals surface area contributed by atoms with Crippen molar-refractivity contribution in [1.29, 1.82) is 0 Å². The maximum atomic E-state index is 12.6. The van der Waals surface area contributed by atoms with Gasteiger partial charge in [0.1, 0.15) is 9.88 Å². The van der Waals surface area contributed by atoms with Gasteiger partial charge in [-0.15, -0.1) is 11.3 Å². The summed E-state index contributed by atoms with van der Waals surface area (Å²) in [7, 11) is 0. The summed E-state index contributed by atoms with van der Waals surface area (Å²) >= 11 is 1.35. The molecule has 3 heterocycles. The van der Waals surface area contributed by atoms with Gasteiger partial charge in [-0.3, -0.25) is 9.59 Å². The lowest BCUT2D eigenvalue weighted by atomic mass is 9.96. The van der Waals surface area contributed by atoms with Crippen LogP contribution in [0.4, 0.5) is 0 Å². The van der Waals surface area contributed by atoms with Gasteiger partial charge in [0.25, 0.3) is 5.91 Å². The topological polar surface area (TPSA) is 94.8 Å². The Balaban J connectivity index is 1.48. The van der Waals surface area contributed by atoms with E-state index in [1.807, 2.05) is 18.2 Å². The molecule has 1 aromatic carbocycles. The number of primary amides is 1. The van der Waals surface area contributed by atoms with Crippen LogP contribution in [0.25, 0.3) is 10.6 Å². The number of fused-ring (bicyclic) bond motifs is 1. The summed E-state index contributed by atoms with van der Waals surface area (Å²) in [5.74, 6) is 0.945. The first-order chi connectivity index (χ1) is 12.1. The molecule has 2 aromatic rings. The third-order valence-electron chi connectivity index (χ3n) is 4.52. The number of ether oxygens (including phenoxy) is 2. The van der Waals surface area contributed by atoms with Gasteiger partial charge in [-0.25, -0.2) is 4.98 Å². The molecule has 0 unspecified atom stereocenters. The summed E-state index contributed by atoms with van der Waals surface area (Å²) in [4.78, 5) is 30.6. The monoisotopic (exact) mass is 359 g/mol. The van der Waals surface area contributed by atoms with Crippen LogP contribution in [0.2, 0.25) is 0 Å². The number of amides is 2. The molecule has 2 amide bonds. The summed E-state index contributed by atoms with van der Waals surface area (Å²) in [5, 5.41) is 0.758. The number of nitrogens with zero attached hydrogens (tertiary/aromatic N) is 2. The predicted octanol–water partition coefficient (Wildman–Crippen LogP) is 1.88. The highest BCUT2D eigenvalue weighted by Gasteiger charge is 2.27. The Kier molecular flexibility index (Phi) is 4.04. The number of thiazole rings is 1. The van der Waals surface area contributed by atoms with E-state index in [4.69, 9.17) is 15.2 Å². The molecule has 2 N–H and O–H groups in total. The summed E-state index contributed by atoms with van der Waals surface area (Å²) in [6.07, 6.45) is 2.84. The Morgan fingerprint density at radius 1 is 1.20 bits per heavy atom. The molecule has 0 bridgehead atoms. The normalized spacial score (nSPS) is 16.9. The molecule has 0 saturated carbocycles. The number of aromatic nitrogens is 1. The van der Waals surface area contributed by atoms with E-state index in [1.54, 1.807) is 11.1 Å². The Hall–Kier alpha value is -2.61. The standard InChI is InChI=1S/C17H17N3O4S/c18-15(21)10-3-5-20(6-4-10)17(22)14-8-19-16(25-14)11-1-2-12-13(7-11)24-9-23-12/h1-2,7-8,10H,3-6,9H2,(H2,18,21). The van der Waals surface area contributed by atoms with Gasteiger partial charge in [-0.2, -0.15) is 0 Å². The van der Waals surface area contributed by atoms with Crippen molar-refractivity contribution < 1.29 is 19.1 Å². The zero-order valence-corrected chi connectivity index (χ0v) is 14.3. The Bertz CT molecular complexity index is 827. The first-order valence-corrected chi connectivity index (χ1v) is 8.88. The van der Waals surface area contributed by atoms with Crippen molar-refractivity contribution in [1.82, 2.24) is 9.88 Å². The van der Waals surface area contributed by atoms with Gasteiger partial charge >= 0.3 is 0 Å². The van der Waals surface area contributed by atoms with Gasteiger partial charge in [0, 0.05) is 24.6 Å². The second kappa shape index (κ2) is 6.36. The average molecular weight is 359 g/mol. The summed E-state index contributed by atoms with van der Waals surface area (Å²) < 4.78 is 10.7. The summed E-state index contributed by atoms with van der Waals surface area (Å²) in [6, 6.07) is 5.61. The van der Waals surface area contributed by atoms with Gasteiger partial charge < -0.3 is 20.1 Å². The molecule has 0 radical (unpaired) electrons. The molecule has 4 rings (SSSR count). The smallest absolute Gasteiger partial charge is 0.265 e. The van der Waals surface area contributed by atoms with Crippen molar-refractivity contribution in [3.05, 3.63) is 29.3 Å². The molecule has 25 heavy (non-hydrogen) atoms. The highest BCUT2D eigenvalue weighted by Crippen LogP contribution is 2.37. The fraction of sp³-hybridized carbons (Fsp3) is 0.353. The van der Waals surface area contributed by atoms with Crippen molar-refractivity contribution in [2.75, 3.05) is 19.9 Å². The first-order valence-electron chi connectivity index (χ1n) is 8.06. The summed E-state index contributed by atoms with van der Waals surface area (Å²) in [6.45, 7) is 1.31. The van der Waals surface area contributed by atoms with Crippen LogP contribution in [-0.2, 0) is 4.79 Å². The second-order valence-electron chi connectivity index (χ2n) is 6.07. The molecular weight excluding hydrogens is 342 g/mol. The molecule has 7 nitrogen and oxygen atoms in total. The van der Waals surface area contributed by atoms with E-state index < -0.39 is 0 Å². The number of nitrogens with two attached hydrogens (primary N) is 1. The molecule has 1 saturated heterocycles. The Morgan fingerprint density at radius 2 is 1.96 bits per heavy atom. The van der Waals surface area contributed by atoms with Crippen LogP contribution in [0, 0.1) is 5.92 Å². The van der Waals surface area contributed by atoms with Crippen molar-refractivity contribution in [3.8, 4) is 22.1 Å². The van der Waals surface area contributed by atoms with E-state index in [2.05, 4.69) is 4.98 Å². The molecule has 2 aliphatic rings. The number of piperidine rings is 1. The van der Waals surface area contributed by atoms with Crippen molar-refractivity contribution in [2.24, 2.45) is 11.7 Å². The molecule has 130 valence electrons. The van der Waals surface area contributed by atoms with Crippen molar-refractivity contribution in [2.45, 2.75) is 12.8 Å². The van der Waals surface area contributed by atoms with E-state index in [1.165, 1.54) is 11.3 Å². The zero-order valence-electron chi connectivity index (χ0n) is 13.4. The number of hydrogen-bond acceptors (Lipinski definition) is 6. The minimum Gasteiger partial charge on any atom is -0.454 e. The third kappa shape index (κ3) is 3.05. The van der Waals surface area contributed by atoms with Crippen molar-refractivity contribution in [3.63, 3.8) is 0 Å². The summed E-state index contributed by atoms with van der Waals surface area (Å²) in [5.41, 5.74) is 6.23. The largest absolute Gasteiger partial charge is 0.454 e. The second-order valence-corrected chi connectivity index (χ2v) is 7.10. The first kappa shape index (κ1) is 15.9. The van der Waals surface area contributed by atoms with Gasteiger partial charge in [0.2, 0.25) is 12.7 Å². The van der Waals surface area contributed by atoms with Crippen molar-refractivity contribution >= 4 is 23.2 Å². The predicted molar refractivity (Wildman–Crippen MR) is 91.5 cm³/mol. The lowest BCUT2D eigenvalue weighted by molar-refractivity contribution is -0.123. The molecular formula is C17H17N3O4S. The number of benzene rings is 1. The van der Waals surface area contributed by atoms with Crippen LogP contribution in [0.1, 0.15) is 22.5 Å². The third-order valence-corrected chi connectivity index (χ3v) is 5.55. The highest BCUT2D eigenvalue weighted by molar-refractivity contribution is 7.16. The fourth-order valence-electron chi connectivity index (χ4n) is 3.06. The fourth-order valence-corrected chi connectivity index (χ4v) is 3.94. The molecule has 0 spiro atoms. The van der Waals surface area contributed by atoms with E-state index in [9.17, 15) is 9.59 Å². The van der Waals surface area contributed by atoms with Crippen LogP contribution in [0.3, 0.4) is 0 Å². The number of carbonyl (C=O) groups excluding carboxylic acids is 2. The van der Waals surface area contributed by atoms with Gasteiger partial charge in [-0.1, -0.05) is 0 Å². The minimum absolute atomic E-state index is 0.0487. The van der Waals surface area contributed by atoms with Crippen LogP contribution in [-0.4, -0.2) is 41.6 Å². The lowest BCUT2D eigenvalue weighted by Gasteiger charge is -2.30. The molecule has 0 aliphatic carbocycles. The number of likely N-dealkylation sites (tertiary alicyclic amines) is 1. The van der Waals surface area contributed by atoms with Gasteiger partial charge in [0.15, 0.2) is 11.5 Å². The van der Waals surface area contributed by atoms with Crippen LogP contribution >= 0.6 is 11.3 Å². The minimum atomic E-state index is -0.282. The Labute approximate surface area is 148 Å². The van der Waals surface area contributed by atoms with Gasteiger partial charge in [-0.05, 0) is 31.0 Å². The SMILES string of the molecule is NC(=O)C1CCN(C(=O)c2cnc(-c3ccc4c(c3)OCO4)s2)CC1. The van der Waals surface area contributed by atoms with E-state index in [0.717, 1.165) is 10.6 Å². The molecule has 1 aromatic heterocycles. The Morgan fingerprint density at radius 3 is 2.72 bits per heavy atom. The van der Waals surface area contributed by atoms with E-state index in [-0.39, 0.29) is 24.5 Å². The van der Waals surface area contributed by atoms with Gasteiger partial charge in [0.05, 0.1) is 6.20 Å². The quantitative estimate of drug-likeness (QED) is 0.903. The van der Waals surface area contributed by atoms with Crippen LogP contribution in [0.5, 0.6) is 11.5 Å². The maximum Gasteiger partial charge on any atom is 0.265 e. The highest BCUT2D eigenvalue weighted by atomic mass is 32.1. The average Bonchev–Trinajstić information content (AvgIpc) is 3.29. The number of hydrogen-bond donors (Lipinski definition) is 1. The number of rotatable bonds is 3. The molecule has 1 fully saturated rings. The van der Waals surface area contributed by atoms with Crippen LogP contribution in [0.15, 0.2) is 24.4 Å². The lowest BCUT2D eigenvalue weighted by Crippen LogP contribution is -2.41. The molecule has 8 heteroatoms. The van der Waals surface area contributed by atoms with E-state index >= 15 is 0 Å². The molecule has 2 aliphatic heterocycles. The maximum absolute atomic E-state index is 12.6. The molecule has 0 atom stereocenters.